The highest BCUT2D eigenvalue weighted by Gasteiger charge is 2.31. The monoisotopic (exact) mass is 288 g/mol. The fourth-order valence-corrected chi connectivity index (χ4v) is 3.57. The minimum atomic E-state index is -0.693. The summed E-state index contributed by atoms with van der Waals surface area (Å²) >= 11 is 0. The molecular weight excluding hydrogens is 264 g/mol. The van der Waals surface area contributed by atoms with E-state index in [0.29, 0.717) is 6.54 Å². The smallest absolute Gasteiger partial charge is 0.315 e. The van der Waals surface area contributed by atoms with Gasteiger partial charge in [-0.25, -0.2) is 4.79 Å². The SMILES string of the molecule is O=C(NCC1(O)CCCC1)NC1CCCc2ccccc21. The summed E-state index contributed by atoms with van der Waals surface area (Å²) in [6.45, 7) is 0.354. The summed E-state index contributed by atoms with van der Waals surface area (Å²) in [5, 5.41) is 16.2. The van der Waals surface area contributed by atoms with Crippen LogP contribution in [0.5, 0.6) is 0 Å². The van der Waals surface area contributed by atoms with Crippen molar-refractivity contribution in [2.75, 3.05) is 6.54 Å². The van der Waals surface area contributed by atoms with Gasteiger partial charge in [0.2, 0.25) is 0 Å². The Bertz CT molecular complexity index is 509. The first-order valence-electron chi connectivity index (χ1n) is 8.01. The highest BCUT2D eigenvalue weighted by molar-refractivity contribution is 5.74. The summed E-state index contributed by atoms with van der Waals surface area (Å²) in [7, 11) is 0. The third kappa shape index (κ3) is 3.38. The molecule has 0 saturated heterocycles. The van der Waals surface area contributed by atoms with Crippen LogP contribution in [0.1, 0.15) is 55.7 Å². The normalized spacial score (nSPS) is 23.4. The summed E-state index contributed by atoms with van der Waals surface area (Å²) in [5.74, 6) is 0. The summed E-state index contributed by atoms with van der Waals surface area (Å²) in [5.41, 5.74) is 1.88. The molecule has 3 rings (SSSR count). The zero-order valence-electron chi connectivity index (χ0n) is 12.4. The van der Waals surface area contributed by atoms with Gasteiger partial charge in [-0.3, -0.25) is 0 Å². The van der Waals surface area contributed by atoms with E-state index in [1.165, 1.54) is 11.1 Å². The van der Waals surface area contributed by atoms with Gasteiger partial charge in [-0.15, -0.1) is 0 Å². The molecule has 1 atom stereocenters. The molecule has 1 aromatic carbocycles. The van der Waals surface area contributed by atoms with E-state index in [1.807, 2.05) is 6.07 Å². The molecule has 1 saturated carbocycles. The number of amides is 2. The maximum Gasteiger partial charge on any atom is 0.315 e. The molecule has 4 heteroatoms. The molecule has 0 radical (unpaired) electrons. The summed E-state index contributed by atoms with van der Waals surface area (Å²) in [6, 6.07) is 8.24. The van der Waals surface area contributed by atoms with Crippen LogP contribution in [0.2, 0.25) is 0 Å². The Kier molecular flexibility index (Phi) is 4.15. The molecule has 0 aliphatic heterocycles. The molecule has 4 nitrogen and oxygen atoms in total. The largest absolute Gasteiger partial charge is 0.388 e. The van der Waals surface area contributed by atoms with E-state index in [1.54, 1.807) is 0 Å². The van der Waals surface area contributed by atoms with E-state index in [9.17, 15) is 9.90 Å². The highest BCUT2D eigenvalue weighted by atomic mass is 16.3. The fourth-order valence-electron chi connectivity index (χ4n) is 3.57. The van der Waals surface area contributed by atoms with Crippen LogP contribution in [0.4, 0.5) is 4.79 Å². The molecule has 114 valence electrons. The van der Waals surface area contributed by atoms with Gasteiger partial charge in [-0.2, -0.15) is 0 Å². The van der Waals surface area contributed by atoms with Crippen LogP contribution >= 0.6 is 0 Å². The van der Waals surface area contributed by atoms with Gasteiger partial charge in [0.15, 0.2) is 0 Å². The maximum absolute atomic E-state index is 12.1. The van der Waals surface area contributed by atoms with Crippen molar-refractivity contribution in [1.29, 1.82) is 0 Å². The molecule has 0 heterocycles. The molecule has 21 heavy (non-hydrogen) atoms. The molecule has 1 unspecified atom stereocenters. The molecule has 0 spiro atoms. The van der Waals surface area contributed by atoms with Gasteiger partial charge in [0.1, 0.15) is 0 Å². The van der Waals surface area contributed by atoms with E-state index in [-0.39, 0.29) is 12.1 Å². The zero-order chi connectivity index (χ0) is 14.7. The van der Waals surface area contributed by atoms with Crippen molar-refractivity contribution < 1.29 is 9.90 Å². The number of hydrogen-bond donors (Lipinski definition) is 3. The number of fused-ring (bicyclic) bond motifs is 1. The number of carbonyl (C=O) groups is 1. The van der Waals surface area contributed by atoms with E-state index in [2.05, 4.69) is 28.8 Å². The number of aliphatic hydroxyl groups is 1. The van der Waals surface area contributed by atoms with Gasteiger partial charge < -0.3 is 15.7 Å². The Morgan fingerprint density at radius 2 is 2.00 bits per heavy atom. The van der Waals surface area contributed by atoms with Crippen molar-refractivity contribution in [3.8, 4) is 0 Å². The Labute approximate surface area is 125 Å². The number of benzene rings is 1. The predicted molar refractivity (Wildman–Crippen MR) is 82.1 cm³/mol. The standard InChI is InChI=1S/C17H24N2O2/c20-16(18-12-17(21)10-3-4-11-17)19-15-9-5-7-13-6-1-2-8-14(13)15/h1-2,6,8,15,21H,3-5,7,9-12H2,(H2,18,19,20). The third-order valence-electron chi connectivity index (χ3n) is 4.79. The highest BCUT2D eigenvalue weighted by Crippen LogP contribution is 2.30. The topological polar surface area (TPSA) is 61.4 Å². The van der Waals surface area contributed by atoms with Crippen LogP contribution in [-0.2, 0) is 6.42 Å². The maximum atomic E-state index is 12.1. The lowest BCUT2D eigenvalue weighted by molar-refractivity contribution is 0.0500. The van der Waals surface area contributed by atoms with Gasteiger partial charge >= 0.3 is 6.03 Å². The van der Waals surface area contributed by atoms with Crippen molar-refractivity contribution in [2.45, 2.75) is 56.6 Å². The Morgan fingerprint density at radius 1 is 1.24 bits per heavy atom. The molecule has 1 fully saturated rings. The van der Waals surface area contributed by atoms with Gasteiger partial charge in [-0.05, 0) is 43.2 Å². The van der Waals surface area contributed by atoms with Crippen molar-refractivity contribution in [3.05, 3.63) is 35.4 Å². The van der Waals surface area contributed by atoms with Gasteiger partial charge in [0, 0.05) is 6.54 Å². The number of hydrogen-bond acceptors (Lipinski definition) is 2. The van der Waals surface area contributed by atoms with Crippen LogP contribution in [-0.4, -0.2) is 23.3 Å². The number of carbonyl (C=O) groups excluding carboxylic acids is 1. The second kappa shape index (κ2) is 6.06. The molecular formula is C17H24N2O2. The predicted octanol–water partition coefficient (Wildman–Crippen LogP) is 2.67. The van der Waals surface area contributed by atoms with Crippen LogP contribution in [0.25, 0.3) is 0 Å². The average molecular weight is 288 g/mol. The molecule has 2 aliphatic carbocycles. The number of rotatable bonds is 3. The summed E-state index contributed by atoms with van der Waals surface area (Å²) in [6.07, 6.45) is 6.86. The minimum Gasteiger partial charge on any atom is -0.388 e. The van der Waals surface area contributed by atoms with Gasteiger partial charge in [0.05, 0.1) is 11.6 Å². The minimum absolute atomic E-state index is 0.0909. The lowest BCUT2D eigenvalue weighted by Gasteiger charge is -2.28. The summed E-state index contributed by atoms with van der Waals surface area (Å²) < 4.78 is 0. The number of urea groups is 1. The second-order valence-electron chi connectivity index (χ2n) is 6.40. The Morgan fingerprint density at radius 3 is 2.81 bits per heavy atom. The molecule has 3 N–H and O–H groups in total. The quantitative estimate of drug-likeness (QED) is 0.801. The Balaban J connectivity index is 1.56. The zero-order valence-corrected chi connectivity index (χ0v) is 12.4. The second-order valence-corrected chi connectivity index (χ2v) is 6.40. The van der Waals surface area contributed by atoms with Crippen molar-refractivity contribution >= 4 is 6.03 Å². The first kappa shape index (κ1) is 14.4. The average Bonchev–Trinajstić information content (AvgIpc) is 2.93. The van der Waals surface area contributed by atoms with E-state index < -0.39 is 5.60 Å². The first-order valence-corrected chi connectivity index (χ1v) is 8.01. The Hall–Kier alpha value is -1.55. The van der Waals surface area contributed by atoms with Gasteiger partial charge in [0.25, 0.3) is 0 Å². The molecule has 0 aromatic heterocycles. The van der Waals surface area contributed by atoms with E-state index >= 15 is 0 Å². The van der Waals surface area contributed by atoms with E-state index in [4.69, 9.17) is 0 Å². The van der Waals surface area contributed by atoms with Crippen LogP contribution in [0.15, 0.2) is 24.3 Å². The first-order chi connectivity index (χ1) is 10.2. The number of aryl methyl sites for hydroxylation is 1. The van der Waals surface area contributed by atoms with E-state index in [0.717, 1.165) is 44.9 Å². The third-order valence-corrected chi connectivity index (χ3v) is 4.79. The van der Waals surface area contributed by atoms with Crippen molar-refractivity contribution in [3.63, 3.8) is 0 Å². The van der Waals surface area contributed by atoms with Crippen molar-refractivity contribution in [1.82, 2.24) is 10.6 Å². The molecule has 2 amide bonds. The molecule has 0 bridgehead atoms. The lowest BCUT2D eigenvalue weighted by atomic mass is 9.88. The molecule has 2 aliphatic rings. The lowest BCUT2D eigenvalue weighted by Crippen LogP contribution is -2.46. The van der Waals surface area contributed by atoms with Crippen molar-refractivity contribution in [2.24, 2.45) is 0 Å². The van der Waals surface area contributed by atoms with Crippen LogP contribution in [0, 0.1) is 0 Å². The number of nitrogens with one attached hydrogen (secondary N) is 2. The van der Waals surface area contributed by atoms with Gasteiger partial charge in [-0.1, -0.05) is 37.1 Å². The molecule has 1 aromatic rings. The summed E-state index contributed by atoms with van der Waals surface area (Å²) in [4.78, 5) is 12.1. The van der Waals surface area contributed by atoms with Crippen LogP contribution < -0.4 is 10.6 Å². The fraction of sp³-hybridized carbons (Fsp3) is 0.588. The van der Waals surface area contributed by atoms with Crippen LogP contribution in [0.3, 0.4) is 0 Å².